The van der Waals surface area contributed by atoms with Crippen molar-refractivity contribution in [3.8, 4) is 0 Å². The van der Waals surface area contributed by atoms with Gasteiger partial charge in [-0.05, 0) is 42.9 Å². The van der Waals surface area contributed by atoms with Crippen LogP contribution in [0.1, 0.15) is 32.3 Å². The van der Waals surface area contributed by atoms with E-state index in [2.05, 4.69) is 24.1 Å². The van der Waals surface area contributed by atoms with Gasteiger partial charge < -0.3 is 9.88 Å². The van der Waals surface area contributed by atoms with Crippen molar-refractivity contribution in [1.82, 2.24) is 13.9 Å². The molecule has 0 bridgehead atoms. The first-order valence-electron chi connectivity index (χ1n) is 9.29. The van der Waals surface area contributed by atoms with Gasteiger partial charge in [0.05, 0.1) is 6.33 Å². The summed E-state index contributed by atoms with van der Waals surface area (Å²) in [5, 5.41) is 2.83. The zero-order valence-electron chi connectivity index (χ0n) is 15.8. The van der Waals surface area contributed by atoms with Gasteiger partial charge in [0.2, 0.25) is 5.91 Å². The Morgan fingerprint density at radius 3 is 2.74 bits per heavy atom. The number of carbonyl (C=O) groups is 1. The van der Waals surface area contributed by atoms with Crippen molar-refractivity contribution in [2.75, 3.05) is 18.4 Å². The molecule has 0 saturated carbocycles. The van der Waals surface area contributed by atoms with Gasteiger partial charge in [0.1, 0.15) is 6.54 Å². The van der Waals surface area contributed by atoms with Crippen molar-refractivity contribution in [3.63, 3.8) is 0 Å². The summed E-state index contributed by atoms with van der Waals surface area (Å²) in [6, 6.07) is 7.66. The Bertz CT molecular complexity index is 899. The van der Waals surface area contributed by atoms with Crippen LogP contribution in [0.5, 0.6) is 0 Å². The largest absolute Gasteiger partial charge is 0.327 e. The number of rotatable bonds is 6. The fraction of sp³-hybridized carbons (Fsp3) is 0.474. The molecular weight excluding hydrogens is 364 g/mol. The maximum absolute atomic E-state index is 12.7. The van der Waals surface area contributed by atoms with Gasteiger partial charge >= 0.3 is 0 Å². The standard InChI is InChI=1S/C19H26N4O3S/c1-3-16-5-4-6-17(11-16)21-18(24)12-22-13-19(20-14-22)27(25,26)23-9-7-15(2)8-10-23/h4-6,11,13-15H,3,7-10,12H2,1-2H3,(H,21,24). The second kappa shape index (κ2) is 8.22. The Hall–Kier alpha value is -2.19. The Labute approximate surface area is 160 Å². The van der Waals surface area contributed by atoms with E-state index in [1.165, 1.54) is 21.4 Å². The summed E-state index contributed by atoms with van der Waals surface area (Å²) in [4.78, 5) is 16.3. The molecule has 1 saturated heterocycles. The highest BCUT2D eigenvalue weighted by atomic mass is 32.2. The molecule has 1 aromatic carbocycles. The number of aromatic nitrogens is 2. The lowest BCUT2D eigenvalue weighted by molar-refractivity contribution is -0.116. The minimum Gasteiger partial charge on any atom is -0.327 e. The first kappa shape index (κ1) is 19.6. The summed E-state index contributed by atoms with van der Waals surface area (Å²) < 4.78 is 28.4. The van der Waals surface area contributed by atoms with Crippen LogP contribution in [0, 0.1) is 5.92 Å². The number of carbonyl (C=O) groups excluding carboxylic acids is 1. The van der Waals surface area contributed by atoms with Gasteiger partial charge in [-0.15, -0.1) is 0 Å². The maximum atomic E-state index is 12.7. The van der Waals surface area contributed by atoms with Crippen LogP contribution in [-0.4, -0.2) is 41.3 Å². The zero-order valence-corrected chi connectivity index (χ0v) is 16.6. The van der Waals surface area contributed by atoms with Crippen LogP contribution in [0.2, 0.25) is 0 Å². The zero-order chi connectivity index (χ0) is 19.4. The number of nitrogens with one attached hydrogen (secondary N) is 1. The number of aryl methyl sites for hydroxylation is 1. The minimum absolute atomic E-state index is 0.00201. The fourth-order valence-electron chi connectivity index (χ4n) is 3.15. The van der Waals surface area contributed by atoms with E-state index in [1.54, 1.807) is 0 Å². The highest BCUT2D eigenvalue weighted by Gasteiger charge is 2.29. The van der Waals surface area contributed by atoms with Crippen LogP contribution in [0.15, 0.2) is 41.8 Å². The van der Waals surface area contributed by atoms with Gasteiger partial charge in [-0.3, -0.25) is 4.79 Å². The SMILES string of the molecule is CCc1cccc(NC(=O)Cn2cnc(S(=O)(=O)N3CCC(C)CC3)c2)c1. The van der Waals surface area contributed by atoms with E-state index >= 15 is 0 Å². The molecule has 7 nitrogen and oxygen atoms in total. The summed E-state index contributed by atoms with van der Waals surface area (Å²) in [6.45, 7) is 5.23. The molecule has 1 aliphatic rings. The number of piperidine rings is 1. The lowest BCUT2D eigenvalue weighted by atomic mass is 10.0. The van der Waals surface area contributed by atoms with Gasteiger partial charge in [0.15, 0.2) is 5.03 Å². The smallest absolute Gasteiger partial charge is 0.262 e. The van der Waals surface area contributed by atoms with Crippen LogP contribution >= 0.6 is 0 Å². The van der Waals surface area contributed by atoms with E-state index in [1.807, 2.05) is 24.3 Å². The molecular formula is C19H26N4O3S. The highest BCUT2D eigenvalue weighted by Crippen LogP contribution is 2.22. The lowest BCUT2D eigenvalue weighted by Gasteiger charge is -2.28. The van der Waals surface area contributed by atoms with Crippen LogP contribution in [0.4, 0.5) is 5.69 Å². The second-order valence-electron chi connectivity index (χ2n) is 7.07. The molecule has 0 unspecified atom stereocenters. The fourth-order valence-corrected chi connectivity index (χ4v) is 4.56. The number of amides is 1. The van der Waals surface area contributed by atoms with Gasteiger partial charge in [-0.2, -0.15) is 4.31 Å². The molecule has 1 fully saturated rings. The van der Waals surface area contributed by atoms with E-state index in [4.69, 9.17) is 0 Å². The molecule has 0 aliphatic carbocycles. The molecule has 146 valence electrons. The van der Waals surface area contributed by atoms with E-state index < -0.39 is 10.0 Å². The molecule has 0 radical (unpaired) electrons. The van der Waals surface area contributed by atoms with Crippen LogP contribution < -0.4 is 5.32 Å². The lowest BCUT2D eigenvalue weighted by Crippen LogP contribution is -2.38. The summed E-state index contributed by atoms with van der Waals surface area (Å²) in [5.41, 5.74) is 1.87. The van der Waals surface area contributed by atoms with Gasteiger partial charge in [0, 0.05) is 25.0 Å². The van der Waals surface area contributed by atoms with Gasteiger partial charge in [-0.25, -0.2) is 13.4 Å². The van der Waals surface area contributed by atoms with E-state index in [9.17, 15) is 13.2 Å². The molecule has 27 heavy (non-hydrogen) atoms. The first-order valence-corrected chi connectivity index (χ1v) is 10.7. The Morgan fingerprint density at radius 1 is 1.30 bits per heavy atom. The van der Waals surface area contributed by atoms with E-state index in [0.29, 0.717) is 19.0 Å². The third-order valence-electron chi connectivity index (χ3n) is 4.90. The maximum Gasteiger partial charge on any atom is 0.262 e. The second-order valence-corrected chi connectivity index (χ2v) is 8.96. The van der Waals surface area contributed by atoms with Gasteiger partial charge in [0.25, 0.3) is 10.0 Å². The van der Waals surface area contributed by atoms with Crippen LogP contribution in [0.3, 0.4) is 0 Å². The monoisotopic (exact) mass is 390 g/mol. The summed E-state index contributed by atoms with van der Waals surface area (Å²) >= 11 is 0. The molecule has 2 aromatic rings. The predicted molar refractivity (Wildman–Crippen MR) is 104 cm³/mol. The molecule has 0 atom stereocenters. The third kappa shape index (κ3) is 4.75. The number of anilines is 1. The van der Waals surface area contributed by atoms with Crippen molar-refractivity contribution in [3.05, 3.63) is 42.4 Å². The molecule has 0 spiro atoms. The van der Waals surface area contributed by atoms with Crippen LogP contribution in [-0.2, 0) is 27.8 Å². The third-order valence-corrected chi connectivity index (χ3v) is 6.69. The molecule has 1 aliphatic heterocycles. The number of nitrogens with zero attached hydrogens (tertiary/aromatic N) is 3. The summed E-state index contributed by atoms with van der Waals surface area (Å²) in [5.74, 6) is 0.320. The van der Waals surface area contributed by atoms with Crippen LogP contribution in [0.25, 0.3) is 0 Å². The quantitative estimate of drug-likeness (QED) is 0.821. The van der Waals surface area contributed by atoms with Crippen molar-refractivity contribution in [2.24, 2.45) is 5.92 Å². The number of benzene rings is 1. The molecule has 3 rings (SSSR count). The summed E-state index contributed by atoms with van der Waals surface area (Å²) in [6.07, 6.45) is 5.43. The van der Waals surface area contributed by atoms with Crippen molar-refractivity contribution in [1.29, 1.82) is 0 Å². The Kier molecular flexibility index (Phi) is 5.96. The normalized spacial score (nSPS) is 16.4. The van der Waals surface area contributed by atoms with E-state index in [-0.39, 0.29) is 17.5 Å². The molecule has 2 heterocycles. The van der Waals surface area contributed by atoms with Gasteiger partial charge in [-0.1, -0.05) is 26.0 Å². The molecule has 8 heteroatoms. The first-order chi connectivity index (χ1) is 12.9. The van der Waals surface area contributed by atoms with E-state index in [0.717, 1.165) is 30.5 Å². The number of hydrogen-bond donors (Lipinski definition) is 1. The molecule has 1 N–H and O–H groups in total. The highest BCUT2D eigenvalue weighted by molar-refractivity contribution is 7.89. The number of sulfonamides is 1. The number of imidazole rings is 1. The molecule has 1 aromatic heterocycles. The summed E-state index contributed by atoms with van der Waals surface area (Å²) in [7, 11) is -3.60. The molecule has 1 amide bonds. The predicted octanol–water partition coefficient (Wildman–Crippen LogP) is 2.50. The van der Waals surface area contributed by atoms with Crippen molar-refractivity contribution < 1.29 is 13.2 Å². The average Bonchev–Trinajstić information content (AvgIpc) is 3.11. The van der Waals surface area contributed by atoms with Crippen molar-refractivity contribution in [2.45, 2.75) is 44.7 Å². The van der Waals surface area contributed by atoms with Crippen molar-refractivity contribution >= 4 is 21.6 Å². The topological polar surface area (TPSA) is 84.3 Å². The number of hydrogen-bond acceptors (Lipinski definition) is 4. The minimum atomic E-state index is -3.60. The Morgan fingerprint density at radius 2 is 2.04 bits per heavy atom. The average molecular weight is 391 g/mol. The Balaban J connectivity index is 1.64.